The Kier molecular flexibility index (Phi) is 5.42. The number of carbonyl (C=O) groups excluding carboxylic acids is 1. The van der Waals surface area contributed by atoms with Crippen molar-refractivity contribution in [3.63, 3.8) is 0 Å². The van der Waals surface area contributed by atoms with Crippen LogP contribution in [0.1, 0.15) is 35.5 Å². The van der Waals surface area contributed by atoms with Crippen molar-refractivity contribution >= 4 is 16.8 Å². The van der Waals surface area contributed by atoms with Gasteiger partial charge in [0.25, 0.3) is 5.56 Å². The first kappa shape index (κ1) is 20.5. The Balaban J connectivity index is 1.69. The van der Waals surface area contributed by atoms with E-state index >= 15 is 0 Å². The maximum atomic E-state index is 13.2. The van der Waals surface area contributed by atoms with Gasteiger partial charge in [0, 0.05) is 6.54 Å². The van der Waals surface area contributed by atoms with E-state index in [4.69, 9.17) is 0 Å². The topological polar surface area (TPSA) is 81.8 Å². The summed E-state index contributed by atoms with van der Waals surface area (Å²) in [5.41, 5.74) is 4.45. The van der Waals surface area contributed by atoms with E-state index in [-0.39, 0.29) is 11.5 Å². The minimum atomic E-state index is -0.760. The summed E-state index contributed by atoms with van der Waals surface area (Å²) in [4.78, 5) is 25.9. The number of fused-ring (bicyclic) bond motifs is 1. The molecule has 0 radical (unpaired) electrons. The lowest BCUT2D eigenvalue weighted by molar-refractivity contribution is -0.124. The van der Waals surface area contributed by atoms with Gasteiger partial charge in [0.05, 0.1) is 22.5 Å². The van der Waals surface area contributed by atoms with Crippen LogP contribution in [0.2, 0.25) is 0 Å². The zero-order valence-electron chi connectivity index (χ0n) is 18.1. The van der Waals surface area contributed by atoms with Crippen LogP contribution in [0.15, 0.2) is 59.4 Å². The molecule has 2 aromatic carbocycles. The number of hydrogen-bond donors (Lipinski definition) is 1. The molecule has 0 aliphatic carbocycles. The van der Waals surface area contributed by atoms with E-state index in [2.05, 4.69) is 15.5 Å². The zero-order chi connectivity index (χ0) is 22.1. The summed E-state index contributed by atoms with van der Waals surface area (Å²) in [5.74, 6) is -0.271. The van der Waals surface area contributed by atoms with Crippen molar-refractivity contribution in [2.75, 3.05) is 0 Å². The average molecular weight is 415 g/mol. The summed E-state index contributed by atoms with van der Waals surface area (Å²) < 4.78 is 2.98. The van der Waals surface area contributed by atoms with Gasteiger partial charge in [-0.3, -0.25) is 9.59 Å². The Hall–Kier alpha value is -3.74. The van der Waals surface area contributed by atoms with Crippen LogP contribution in [0, 0.1) is 20.8 Å². The van der Waals surface area contributed by atoms with Crippen molar-refractivity contribution in [3.8, 4) is 5.69 Å². The normalized spacial score (nSPS) is 12.1. The van der Waals surface area contributed by atoms with Crippen LogP contribution in [0.25, 0.3) is 16.6 Å². The number of carbonyl (C=O) groups is 1. The molecule has 0 saturated heterocycles. The monoisotopic (exact) mass is 415 g/mol. The number of amides is 1. The van der Waals surface area contributed by atoms with Gasteiger partial charge < -0.3 is 5.32 Å². The number of aromatic nitrogens is 4. The summed E-state index contributed by atoms with van der Waals surface area (Å²) >= 11 is 0. The van der Waals surface area contributed by atoms with Gasteiger partial charge in [-0.25, -0.2) is 9.36 Å². The van der Waals surface area contributed by atoms with E-state index in [1.165, 1.54) is 4.68 Å². The quantitative estimate of drug-likeness (QED) is 0.542. The van der Waals surface area contributed by atoms with Crippen molar-refractivity contribution in [3.05, 3.63) is 87.5 Å². The number of benzene rings is 2. The predicted octanol–water partition coefficient (Wildman–Crippen LogP) is 3.38. The number of nitrogens with one attached hydrogen (secondary N) is 1. The van der Waals surface area contributed by atoms with Crippen LogP contribution in [-0.2, 0) is 11.3 Å². The molecule has 1 amide bonds. The van der Waals surface area contributed by atoms with Gasteiger partial charge in [-0.05, 0) is 45.4 Å². The Bertz CT molecular complexity index is 1300. The molecule has 0 saturated carbocycles. The second-order valence-corrected chi connectivity index (χ2v) is 7.77. The van der Waals surface area contributed by atoms with Crippen LogP contribution in [-0.4, -0.2) is 25.5 Å². The fourth-order valence-corrected chi connectivity index (χ4v) is 3.69. The Morgan fingerprint density at radius 1 is 1.00 bits per heavy atom. The minimum absolute atomic E-state index is 0.271. The molecule has 2 heterocycles. The third-order valence-electron chi connectivity index (χ3n) is 5.48. The molecule has 1 atom stereocenters. The Morgan fingerprint density at radius 3 is 2.35 bits per heavy atom. The molecule has 0 bridgehead atoms. The highest BCUT2D eigenvalue weighted by Gasteiger charge is 2.23. The van der Waals surface area contributed by atoms with Crippen molar-refractivity contribution < 1.29 is 4.79 Å². The molecular formula is C24H25N5O2. The second kappa shape index (κ2) is 8.18. The van der Waals surface area contributed by atoms with Crippen molar-refractivity contribution in [2.45, 2.75) is 40.3 Å². The van der Waals surface area contributed by atoms with E-state index < -0.39 is 6.04 Å². The van der Waals surface area contributed by atoms with Gasteiger partial charge in [-0.1, -0.05) is 48.0 Å². The van der Waals surface area contributed by atoms with E-state index in [0.29, 0.717) is 17.8 Å². The Labute approximate surface area is 180 Å². The standard InChI is InChI=1S/C24H25N5O2/c1-15-10-12-20(13-11-15)28-17(3)21-16(2)26-29(24(31)22(21)27-28)18(4)23(30)25-14-19-8-6-5-7-9-19/h5-13,18H,14H2,1-4H3,(H,25,30). The van der Waals surface area contributed by atoms with E-state index in [1.54, 1.807) is 11.6 Å². The second-order valence-electron chi connectivity index (χ2n) is 7.77. The fourth-order valence-electron chi connectivity index (χ4n) is 3.69. The molecule has 0 spiro atoms. The third-order valence-corrected chi connectivity index (χ3v) is 5.48. The fraction of sp³-hybridized carbons (Fsp3) is 0.250. The maximum absolute atomic E-state index is 13.2. The van der Waals surface area contributed by atoms with Gasteiger partial charge in [0.1, 0.15) is 6.04 Å². The summed E-state index contributed by atoms with van der Waals surface area (Å²) in [5, 5.41) is 12.6. The van der Waals surface area contributed by atoms with Crippen LogP contribution >= 0.6 is 0 Å². The SMILES string of the molecule is Cc1ccc(-n2nc3c(=O)n(C(C)C(=O)NCc4ccccc4)nc(C)c3c2C)cc1. The molecule has 31 heavy (non-hydrogen) atoms. The molecule has 2 aromatic heterocycles. The largest absolute Gasteiger partial charge is 0.350 e. The molecule has 7 nitrogen and oxygen atoms in total. The molecule has 0 aliphatic heterocycles. The maximum Gasteiger partial charge on any atom is 0.295 e. The van der Waals surface area contributed by atoms with Gasteiger partial charge in [0.15, 0.2) is 5.52 Å². The molecule has 4 aromatic rings. The van der Waals surface area contributed by atoms with Gasteiger partial charge in [-0.2, -0.15) is 10.2 Å². The van der Waals surface area contributed by atoms with Gasteiger partial charge in [-0.15, -0.1) is 0 Å². The molecule has 158 valence electrons. The van der Waals surface area contributed by atoms with Crippen LogP contribution < -0.4 is 10.9 Å². The summed E-state index contributed by atoms with van der Waals surface area (Å²) in [6.45, 7) is 7.84. The van der Waals surface area contributed by atoms with Crippen molar-refractivity contribution in [1.29, 1.82) is 0 Å². The highest BCUT2D eigenvalue weighted by atomic mass is 16.2. The molecule has 0 aliphatic rings. The smallest absolute Gasteiger partial charge is 0.295 e. The lowest BCUT2D eigenvalue weighted by Gasteiger charge is -2.15. The first-order chi connectivity index (χ1) is 14.9. The highest BCUT2D eigenvalue weighted by Crippen LogP contribution is 2.22. The first-order valence-electron chi connectivity index (χ1n) is 10.2. The zero-order valence-corrected chi connectivity index (χ0v) is 18.1. The van der Waals surface area contributed by atoms with E-state index in [1.807, 2.05) is 75.4 Å². The van der Waals surface area contributed by atoms with Crippen LogP contribution in [0.3, 0.4) is 0 Å². The lowest BCUT2D eigenvalue weighted by atomic mass is 10.2. The number of aryl methyl sites for hydroxylation is 3. The van der Waals surface area contributed by atoms with Crippen molar-refractivity contribution in [2.24, 2.45) is 0 Å². The minimum Gasteiger partial charge on any atom is -0.350 e. The Morgan fingerprint density at radius 2 is 1.68 bits per heavy atom. The number of rotatable bonds is 5. The summed E-state index contributed by atoms with van der Waals surface area (Å²) in [6, 6.07) is 16.8. The predicted molar refractivity (Wildman–Crippen MR) is 120 cm³/mol. The number of hydrogen-bond acceptors (Lipinski definition) is 4. The molecule has 7 heteroatoms. The van der Waals surface area contributed by atoms with Crippen LogP contribution in [0.5, 0.6) is 0 Å². The van der Waals surface area contributed by atoms with E-state index in [0.717, 1.165) is 27.9 Å². The molecular weight excluding hydrogens is 390 g/mol. The molecule has 1 N–H and O–H groups in total. The molecule has 0 fully saturated rings. The van der Waals surface area contributed by atoms with Gasteiger partial charge in [0.2, 0.25) is 5.91 Å². The number of nitrogens with zero attached hydrogens (tertiary/aromatic N) is 4. The van der Waals surface area contributed by atoms with Gasteiger partial charge >= 0.3 is 0 Å². The average Bonchev–Trinajstić information content (AvgIpc) is 3.13. The third kappa shape index (κ3) is 3.86. The highest BCUT2D eigenvalue weighted by molar-refractivity contribution is 5.84. The molecule has 4 rings (SSSR count). The first-order valence-corrected chi connectivity index (χ1v) is 10.2. The van der Waals surface area contributed by atoms with E-state index in [9.17, 15) is 9.59 Å². The molecule has 1 unspecified atom stereocenters. The van der Waals surface area contributed by atoms with Crippen molar-refractivity contribution in [1.82, 2.24) is 24.9 Å². The lowest BCUT2D eigenvalue weighted by Crippen LogP contribution is -2.37. The summed E-state index contributed by atoms with van der Waals surface area (Å²) in [7, 11) is 0. The van der Waals surface area contributed by atoms with Crippen LogP contribution in [0.4, 0.5) is 0 Å². The summed E-state index contributed by atoms with van der Waals surface area (Å²) in [6.07, 6.45) is 0.